The van der Waals surface area contributed by atoms with Crippen molar-refractivity contribution in [1.29, 1.82) is 0 Å². The van der Waals surface area contributed by atoms with E-state index in [4.69, 9.17) is 5.84 Å². The number of hydrogen-bond acceptors (Lipinski definition) is 3. The largest absolute Gasteiger partial charge is 0.271 e. The molecule has 0 aromatic heterocycles. The molecule has 0 aliphatic heterocycles. The highest BCUT2D eigenvalue weighted by molar-refractivity contribution is 7.98. The predicted octanol–water partition coefficient (Wildman–Crippen LogP) is 3.77. The Morgan fingerprint density at radius 1 is 1.05 bits per heavy atom. The monoisotopic (exact) mass is 286 g/mol. The number of hydrogen-bond donors (Lipinski definition) is 2. The highest BCUT2D eigenvalue weighted by Gasteiger charge is 2.11. The van der Waals surface area contributed by atoms with Crippen molar-refractivity contribution in [3.63, 3.8) is 0 Å². The molecular weight excluding hydrogens is 264 g/mol. The van der Waals surface area contributed by atoms with E-state index in [1.807, 2.05) is 0 Å². The highest BCUT2D eigenvalue weighted by Crippen LogP contribution is 2.22. The zero-order valence-corrected chi connectivity index (χ0v) is 13.1. The molecule has 3 heteroatoms. The summed E-state index contributed by atoms with van der Waals surface area (Å²) in [4.78, 5) is 1.27. The van der Waals surface area contributed by atoms with Gasteiger partial charge < -0.3 is 0 Å². The third kappa shape index (κ3) is 3.85. The van der Waals surface area contributed by atoms with E-state index < -0.39 is 0 Å². The van der Waals surface area contributed by atoms with Crippen molar-refractivity contribution in [1.82, 2.24) is 5.43 Å². The average Bonchev–Trinajstić information content (AvgIpc) is 2.44. The lowest BCUT2D eigenvalue weighted by molar-refractivity contribution is 0.551. The maximum atomic E-state index is 5.74. The standard InChI is InChI=1S/C17H22N2S/c1-12-8-13(2)10-14(9-12)11-17(19-18)15-4-6-16(20-3)7-5-15/h4-10,17,19H,11,18H2,1-3H3. The highest BCUT2D eigenvalue weighted by atomic mass is 32.2. The van der Waals surface area contributed by atoms with Crippen LogP contribution in [0.25, 0.3) is 0 Å². The van der Waals surface area contributed by atoms with Gasteiger partial charge in [0.05, 0.1) is 0 Å². The lowest BCUT2D eigenvalue weighted by atomic mass is 9.97. The minimum Gasteiger partial charge on any atom is -0.271 e. The molecular formula is C17H22N2S. The summed E-state index contributed by atoms with van der Waals surface area (Å²) in [5.74, 6) is 5.74. The van der Waals surface area contributed by atoms with Crippen molar-refractivity contribution < 1.29 is 0 Å². The lowest BCUT2D eigenvalue weighted by Gasteiger charge is -2.17. The quantitative estimate of drug-likeness (QED) is 0.499. The average molecular weight is 286 g/mol. The van der Waals surface area contributed by atoms with E-state index in [1.54, 1.807) is 11.8 Å². The van der Waals surface area contributed by atoms with E-state index in [-0.39, 0.29) is 6.04 Å². The van der Waals surface area contributed by atoms with Gasteiger partial charge in [-0.2, -0.15) is 0 Å². The van der Waals surface area contributed by atoms with Crippen LogP contribution >= 0.6 is 11.8 Å². The number of aryl methyl sites for hydroxylation is 2. The van der Waals surface area contributed by atoms with Crippen LogP contribution in [-0.2, 0) is 6.42 Å². The Morgan fingerprint density at radius 3 is 2.15 bits per heavy atom. The van der Waals surface area contributed by atoms with E-state index >= 15 is 0 Å². The summed E-state index contributed by atoms with van der Waals surface area (Å²) in [6, 6.07) is 15.4. The fraction of sp³-hybridized carbons (Fsp3) is 0.294. The smallest absolute Gasteiger partial charge is 0.0500 e. The molecule has 0 saturated carbocycles. The molecule has 106 valence electrons. The second-order valence-corrected chi connectivity index (χ2v) is 6.07. The van der Waals surface area contributed by atoms with Gasteiger partial charge in [-0.3, -0.25) is 11.3 Å². The Labute approximate surface area is 125 Å². The summed E-state index contributed by atoms with van der Waals surface area (Å²) in [6.45, 7) is 4.27. The molecule has 0 amide bonds. The first kappa shape index (κ1) is 15.1. The molecule has 0 saturated heterocycles. The third-order valence-corrected chi connectivity index (χ3v) is 4.18. The van der Waals surface area contributed by atoms with Crippen LogP contribution in [-0.4, -0.2) is 6.26 Å². The zero-order chi connectivity index (χ0) is 14.5. The van der Waals surface area contributed by atoms with Gasteiger partial charge in [-0.1, -0.05) is 41.5 Å². The second-order valence-electron chi connectivity index (χ2n) is 5.19. The maximum Gasteiger partial charge on any atom is 0.0500 e. The second kappa shape index (κ2) is 6.93. The van der Waals surface area contributed by atoms with Crippen molar-refractivity contribution >= 4 is 11.8 Å². The van der Waals surface area contributed by atoms with Crippen molar-refractivity contribution in [2.24, 2.45) is 5.84 Å². The Balaban J connectivity index is 2.19. The number of rotatable bonds is 5. The third-order valence-electron chi connectivity index (χ3n) is 3.44. The molecule has 1 atom stereocenters. The zero-order valence-electron chi connectivity index (χ0n) is 12.3. The first-order valence-corrected chi connectivity index (χ1v) is 8.02. The fourth-order valence-electron chi connectivity index (χ4n) is 2.53. The van der Waals surface area contributed by atoms with E-state index in [0.717, 1.165) is 6.42 Å². The molecule has 0 radical (unpaired) electrons. The topological polar surface area (TPSA) is 38.0 Å². The molecule has 0 heterocycles. The molecule has 2 nitrogen and oxygen atoms in total. The van der Waals surface area contributed by atoms with E-state index in [1.165, 1.54) is 27.1 Å². The van der Waals surface area contributed by atoms with E-state index in [9.17, 15) is 0 Å². The van der Waals surface area contributed by atoms with Gasteiger partial charge in [-0.25, -0.2) is 0 Å². The molecule has 0 spiro atoms. The van der Waals surface area contributed by atoms with Gasteiger partial charge in [0.1, 0.15) is 0 Å². The Morgan fingerprint density at radius 2 is 1.65 bits per heavy atom. The van der Waals surface area contributed by atoms with Gasteiger partial charge in [0.2, 0.25) is 0 Å². The van der Waals surface area contributed by atoms with E-state index in [2.05, 4.69) is 68.0 Å². The van der Waals surface area contributed by atoms with Gasteiger partial charge in [0, 0.05) is 10.9 Å². The molecule has 3 N–H and O–H groups in total. The summed E-state index contributed by atoms with van der Waals surface area (Å²) in [6.07, 6.45) is 2.99. The number of nitrogens with two attached hydrogens (primary N) is 1. The molecule has 2 rings (SSSR count). The molecule has 2 aromatic carbocycles. The van der Waals surface area contributed by atoms with Crippen molar-refractivity contribution in [3.8, 4) is 0 Å². The molecule has 1 unspecified atom stereocenters. The van der Waals surface area contributed by atoms with Crippen LogP contribution in [0.5, 0.6) is 0 Å². The van der Waals surface area contributed by atoms with Crippen LogP contribution in [0.1, 0.15) is 28.3 Å². The van der Waals surface area contributed by atoms with E-state index in [0.29, 0.717) is 0 Å². The van der Waals surface area contributed by atoms with Crippen LogP contribution in [0.2, 0.25) is 0 Å². The molecule has 0 aliphatic rings. The van der Waals surface area contributed by atoms with Gasteiger partial charge in [-0.05, 0) is 49.8 Å². The molecule has 0 aliphatic carbocycles. The summed E-state index contributed by atoms with van der Waals surface area (Å²) < 4.78 is 0. The van der Waals surface area contributed by atoms with Crippen LogP contribution < -0.4 is 11.3 Å². The number of nitrogens with one attached hydrogen (secondary N) is 1. The molecule has 20 heavy (non-hydrogen) atoms. The minimum atomic E-state index is 0.145. The predicted molar refractivity (Wildman–Crippen MR) is 87.9 cm³/mol. The SMILES string of the molecule is CSc1ccc(C(Cc2cc(C)cc(C)c2)NN)cc1. The van der Waals surface area contributed by atoms with Crippen LogP contribution in [0.4, 0.5) is 0 Å². The van der Waals surface area contributed by atoms with Crippen molar-refractivity contribution in [2.75, 3.05) is 6.26 Å². The fourth-order valence-corrected chi connectivity index (χ4v) is 2.94. The van der Waals surface area contributed by atoms with Gasteiger partial charge >= 0.3 is 0 Å². The van der Waals surface area contributed by atoms with Gasteiger partial charge in [0.25, 0.3) is 0 Å². The summed E-state index contributed by atoms with van der Waals surface area (Å²) in [5.41, 5.74) is 8.08. The molecule has 2 aromatic rings. The Hall–Kier alpha value is -1.29. The number of benzene rings is 2. The first-order valence-electron chi connectivity index (χ1n) is 6.79. The van der Waals surface area contributed by atoms with Crippen LogP contribution in [0, 0.1) is 13.8 Å². The number of thioether (sulfide) groups is 1. The van der Waals surface area contributed by atoms with Gasteiger partial charge in [-0.15, -0.1) is 11.8 Å². The Kier molecular flexibility index (Phi) is 5.24. The first-order chi connectivity index (χ1) is 9.62. The summed E-state index contributed by atoms with van der Waals surface area (Å²) >= 11 is 1.75. The normalized spacial score (nSPS) is 12.4. The van der Waals surface area contributed by atoms with Crippen LogP contribution in [0.15, 0.2) is 47.4 Å². The molecule has 0 bridgehead atoms. The number of hydrazine groups is 1. The summed E-state index contributed by atoms with van der Waals surface area (Å²) in [5, 5.41) is 0. The van der Waals surface area contributed by atoms with Gasteiger partial charge in [0.15, 0.2) is 0 Å². The summed E-state index contributed by atoms with van der Waals surface area (Å²) in [7, 11) is 0. The Bertz CT molecular complexity index is 543. The van der Waals surface area contributed by atoms with Crippen LogP contribution in [0.3, 0.4) is 0 Å². The minimum absolute atomic E-state index is 0.145. The van der Waals surface area contributed by atoms with Crippen molar-refractivity contribution in [3.05, 3.63) is 64.7 Å². The maximum absolute atomic E-state index is 5.74. The molecule has 0 fully saturated rings. The lowest BCUT2D eigenvalue weighted by Crippen LogP contribution is -2.29. The van der Waals surface area contributed by atoms with Crippen molar-refractivity contribution in [2.45, 2.75) is 31.2 Å².